The second-order valence-corrected chi connectivity index (χ2v) is 4.45. The van der Waals surface area contributed by atoms with Crippen LogP contribution in [-0.2, 0) is 13.1 Å². The Balaban J connectivity index is 1.99. The Morgan fingerprint density at radius 3 is 2.84 bits per heavy atom. The molecular formula is C15H21N3O. The van der Waals surface area contributed by atoms with Crippen LogP contribution in [0.25, 0.3) is 0 Å². The van der Waals surface area contributed by atoms with Crippen molar-refractivity contribution in [2.75, 3.05) is 18.4 Å². The van der Waals surface area contributed by atoms with Gasteiger partial charge in [0.15, 0.2) is 0 Å². The molecule has 19 heavy (non-hydrogen) atoms. The summed E-state index contributed by atoms with van der Waals surface area (Å²) in [5, 5.41) is 3.31. The maximum Gasteiger partial charge on any atom is 0.117 e. The van der Waals surface area contributed by atoms with Crippen LogP contribution in [0.3, 0.4) is 0 Å². The summed E-state index contributed by atoms with van der Waals surface area (Å²) in [4.78, 5) is 6.73. The van der Waals surface area contributed by atoms with Crippen LogP contribution in [0.15, 0.2) is 41.1 Å². The summed E-state index contributed by atoms with van der Waals surface area (Å²) >= 11 is 0. The van der Waals surface area contributed by atoms with Gasteiger partial charge in [0.05, 0.1) is 18.5 Å². The van der Waals surface area contributed by atoms with Gasteiger partial charge in [-0.15, -0.1) is 0 Å². The number of nitrogens with one attached hydrogen (secondary N) is 1. The smallest absolute Gasteiger partial charge is 0.117 e. The minimum Gasteiger partial charge on any atom is -0.468 e. The topological polar surface area (TPSA) is 41.3 Å². The fourth-order valence-corrected chi connectivity index (χ4v) is 2.01. The first-order valence-electron chi connectivity index (χ1n) is 6.75. The molecule has 0 bridgehead atoms. The number of anilines is 1. The minimum absolute atomic E-state index is 0.816. The molecule has 0 saturated heterocycles. The molecule has 0 aliphatic rings. The van der Waals surface area contributed by atoms with Gasteiger partial charge in [-0.3, -0.25) is 9.88 Å². The zero-order chi connectivity index (χ0) is 13.5. The third-order valence-corrected chi connectivity index (χ3v) is 2.99. The molecule has 0 amide bonds. The lowest BCUT2D eigenvalue weighted by Gasteiger charge is -2.18. The molecule has 0 aliphatic carbocycles. The van der Waals surface area contributed by atoms with Crippen LogP contribution in [0, 0.1) is 0 Å². The Kier molecular flexibility index (Phi) is 4.98. The quantitative estimate of drug-likeness (QED) is 0.829. The molecule has 0 fully saturated rings. The highest BCUT2D eigenvalue weighted by Gasteiger charge is 2.08. The summed E-state index contributed by atoms with van der Waals surface area (Å²) in [6.45, 7) is 7.78. The van der Waals surface area contributed by atoms with E-state index in [4.69, 9.17) is 4.42 Å². The Bertz CT molecular complexity index is 482. The molecule has 0 aromatic carbocycles. The van der Waals surface area contributed by atoms with Crippen molar-refractivity contribution in [3.63, 3.8) is 0 Å². The summed E-state index contributed by atoms with van der Waals surface area (Å²) in [5.74, 6) is 0.990. The summed E-state index contributed by atoms with van der Waals surface area (Å²) in [5.41, 5.74) is 2.20. The van der Waals surface area contributed by atoms with E-state index in [9.17, 15) is 0 Å². The van der Waals surface area contributed by atoms with Gasteiger partial charge in [0.1, 0.15) is 5.76 Å². The molecule has 2 rings (SSSR count). The van der Waals surface area contributed by atoms with E-state index in [2.05, 4.69) is 35.1 Å². The van der Waals surface area contributed by atoms with Gasteiger partial charge in [0.2, 0.25) is 0 Å². The Labute approximate surface area is 114 Å². The number of pyridine rings is 1. The van der Waals surface area contributed by atoms with Crippen molar-refractivity contribution in [1.82, 2.24) is 9.88 Å². The van der Waals surface area contributed by atoms with Crippen LogP contribution in [0.5, 0.6) is 0 Å². The zero-order valence-electron chi connectivity index (χ0n) is 11.6. The van der Waals surface area contributed by atoms with Gasteiger partial charge in [-0.25, -0.2) is 0 Å². The lowest BCUT2D eigenvalue weighted by molar-refractivity contribution is 0.245. The first-order valence-corrected chi connectivity index (χ1v) is 6.75. The predicted molar refractivity (Wildman–Crippen MR) is 76.9 cm³/mol. The molecule has 0 aliphatic heterocycles. The van der Waals surface area contributed by atoms with Crippen LogP contribution >= 0.6 is 0 Å². The Morgan fingerprint density at radius 2 is 2.16 bits per heavy atom. The number of rotatable bonds is 7. The van der Waals surface area contributed by atoms with E-state index < -0.39 is 0 Å². The molecule has 2 heterocycles. The van der Waals surface area contributed by atoms with Crippen LogP contribution < -0.4 is 5.32 Å². The third kappa shape index (κ3) is 4.10. The summed E-state index contributed by atoms with van der Waals surface area (Å²) in [6.07, 6.45) is 3.57. The second kappa shape index (κ2) is 6.95. The van der Waals surface area contributed by atoms with Gasteiger partial charge in [-0.05, 0) is 37.7 Å². The highest BCUT2D eigenvalue weighted by atomic mass is 16.3. The van der Waals surface area contributed by atoms with Crippen molar-refractivity contribution in [3.05, 3.63) is 48.2 Å². The standard InChI is InChI=1S/C15H21N3O/c1-3-16-13-7-8-17-14(10-13)11-18(4-2)12-15-6-5-9-19-15/h5-10H,3-4,11-12H2,1-2H3,(H,16,17). The van der Waals surface area contributed by atoms with Crippen molar-refractivity contribution >= 4 is 5.69 Å². The fourth-order valence-electron chi connectivity index (χ4n) is 2.01. The zero-order valence-corrected chi connectivity index (χ0v) is 11.6. The van der Waals surface area contributed by atoms with Crippen LogP contribution in [0.2, 0.25) is 0 Å². The second-order valence-electron chi connectivity index (χ2n) is 4.45. The normalized spacial score (nSPS) is 10.9. The monoisotopic (exact) mass is 259 g/mol. The molecule has 0 unspecified atom stereocenters. The molecule has 102 valence electrons. The SMILES string of the molecule is CCNc1ccnc(CN(CC)Cc2ccco2)c1. The van der Waals surface area contributed by atoms with Gasteiger partial charge in [0.25, 0.3) is 0 Å². The molecule has 0 spiro atoms. The molecule has 4 nitrogen and oxygen atoms in total. The van der Waals surface area contributed by atoms with E-state index in [0.717, 1.165) is 43.3 Å². The lowest BCUT2D eigenvalue weighted by atomic mass is 10.3. The van der Waals surface area contributed by atoms with E-state index in [1.54, 1.807) is 6.26 Å². The Morgan fingerprint density at radius 1 is 1.26 bits per heavy atom. The largest absolute Gasteiger partial charge is 0.468 e. The highest BCUT2D eigenvalue weighted by molar-refractivity contribution is 5.42. The van der Waals surface area contributed by atoms with Crippen molar-refractivity contribution in [3.8, 4) is 0 Å². The minimum atomic E-state index is 0.816. The molecular weight excluding hydrogens is 238 g/mol. The third-order valence-electron chi connectivity index (χ3n) is 2.99. The highest BCUT2D eigenvalue weighted by Crippen LogP contribution is 2.12. The number of hydrogen-bond acceptors (Lipinski definition) is 4. The summed E-state index contributed by atoms with van der Waals surface area (Å²) < 4.78 is 5.39. The molecule has 2 aromatic heterocycles. The van der Waals surface area contributed by atoms with Gasteiger partial charge in [0, 0.05) is 25.0 Å². The van der Waals surface area contributed by atoms with Crippen LogP contribution in [-0.4, -0.2) is 23.0 Å². The first-order chi connectivity index (χ1) is 9.31. The lowest BCUT2D eigenvalue weighted by Crippen LogP contribution is -2.22. The maximum absolute atomic E-state index is 5.39. The van der Waals surface area contributed by atoms with Gasteiger partial charge >= 0.3 is 0 Å². The van der Waals surface area contributed by atoms with Gasteiger partial charge in [-0.2, -0.15) is 0 Å². The Hall–Kier alpha value is -1.81. The van der Waals surface area contributed by atoms with Gasteiger partial charge < -0.3 is 9.73 Å². The van der Waals surface area contributed by atoms with Crippen LogP contribution in [0.4, 0.5) is 5.69 Å². The molecule has 4 heteroatoms. The van der Waals surface area contributed by atoms with Crippen LogP contribution in [0.1, 0.15) is 25.3 Å². The number of hydrogen-bond donors (Lipinski definition) is 1. The van der Waals surface area contributed by atoms with E-state index in [1.807, 2.05) is 24.4 Å². The van der Waals surface area contributed by atoms with E-state index in [1.165, 1.54) is 0 Å². The molecule has 0 radical (unpaired) electrons. The van der Waals surface area contributed by atoms with Crippen molar-refractivity contribution in [1.29, 1.82) is 0 Å². The van der Waals surface area contributed by atoms with Crippen molar-refractivity contribution in [2.45, 2.75) is 26.9 Å². The van der Waals surface area contributed by atoms with Crippen molar-refractivity contribution in [2.24, 2.45) is 0 Å². The van der Waals surface area contributed by atoms with E-state index in [-0.39, 0.29) is 0 Å². The van der Waals surface area contributed by atoms with E-state index in [0.29, 0.717) is 0 Å². The predicted octanol–water partition coefficient (Wildman–Crippen LogP) is 3.13. The molecule has 0 atom stereocenters. The van der Waals surface area contributed by atoms with Crippen molar-refractivity contribution < 1.29 is 4.42 Å². The summed E-state index contributed by atoms with van der Waals surface area (Å²) in [6, 6.07) is 8.03. The van der Waals surface area contributed by atoms with Gasteiger partial charge in [-0.1, -0.05) is 6.92 Å². The number of nitrogens with zero attached hydrogens (tertiary/aromatic N) is 2. The fraction of sp³-hybridized carbons (Fsp3) is 0.400. The summed E-state index contributed by atoms with van der Waals surface area (Å²) in [7, 11) is 0. The first kappa shape index (κ1) is 13.6. The number of furan rings is 1. The maximum atomic E-state index is 5.39. The molecule has 1 N–H and O–H groups in total. The molecule has 0 saturated carbocycles. The van der Waals surface area contributed by atoms with E-state index >= 15 is 0 Å². The number of aromatic nitrogens is 1. The average Bonchev–Trinajstić information content (AvgIpc) is 2.92. The molecule has 2 aromatic rings. The average molecular weight is 259 g/mol.